The molecule has 0 fully saturated rings. The molecule has 0 aliphatic carbocycles. The van der Waals surface area contributed by atoms with Gasteiger partial charge in [0.2, 0.25) is 0 Å². The standard InChI is InChI=1S/C16H20O/c1-4-12(11(2)3)14-9-10-16(17)15-8-6-5-7-13(14)15/h5-12,17H,4H2,1-3H3. The summed E-state index contributed by atoms with van der Waals surface area (Å²) < 4.78 is 0. The third-order valence-electron chi connectivity index (χ3n) is 3.58. The molecular weight excluding hydrogens is 208 g/mol. The monoisotopic (exact) mass is 228 g/mol. The van der Waals surface area contributed by atoms with Gasteiger partial charge in [-0.3, -0.25) is 0 Å². The van der Waals surface area contributed by atoms with Crippen LogP contribution in [0.15, 0.2) is 36.4 Å². The van der Waals surface area contributed by atoms with Crippen LogP contribution in [-0.2, 0) is 0 Å². The molecule has 0 aliphatic rings. The van der Waals surface area contributed by atoms with Gasteiger partial charge >= 0.3 is 0 Å². The molecule has 0 bridgehead atoms. The van der Waals surface area contributed by atoms with E-state index in [4.69, 9.17) is 0 Å². The van der Waals surface area contributed by atoms with Crippen molar-refractivity contribution < 1.29 is 5.11 Å². The fourth-order valence-electron chi connectivity index (χ4n) is 2.68. The molecule has 0 aromatic heterocycles. The molecule has 1 unspecified atom stereocenters. The highest BCUT2D eigenvalue weighted by Crippen LogP contribution is 2.36. The van der Waals surface area contributed by atoms with Gasteiger partial charge in [-0.05, 0) is 35.3 Å². The second kappa shape index (κ2) is 4.79. The summed E-state index contributed by atoms with van der Waals surface area (Å²) in [5.74, 6) is 1.55. The summed E-state index contributed by atoms with van der Waals surface area (Å²) in [6, 6.07) is 12.0. The summed E-state index contributed by atoms with van der Waals surface area (Å²) in [5, 5.41) is 12.0. The van der Waals surface area contributed by atoms with Crippen LogP contribution in [-0.4, -0.2) is 5.11 Å². The van der Waals surface area contributed by atoms with Crippen LogP contribution >= 0.6 is 0 Å². The Kier molecular flexibility index (Phi) is 3.37. The SMILES string of the molecule is CCC(c1ccc(O)c2ccccc12)C(C)C. The number of hydrogen-bond donors (Lipinski definition) is 1. The highest BCUT2D eigenvalue weighted by Gasteiger charge is 2.16. The predicted molar refractivity (Wildman–Crippen MR) is 73.5 cm³/mol. The summed E-state index contributed by atoms with van der Waals surface area (Å²) in [4.78, 5) is 0. The quantitative estimate of drug-likeness (QED) is 0.807. The molecule has 17 heavy (non-hydrogen) atoms. The van der Waals surface area contributed by atoms with E-state index in [-0.39, 0.29) is 0 Å². The van der Waals surface area contributed by atoms with Gasteiger partial charge in [0.25, 0.3) is 0 Å². The molecular formula is C16H20O. The van der Waals surface area contributed by atoms with Gasteiger partial charge in [0.05, 0.1) is 0 Å². The molecule has 0 amide bonds. The van der Waals surface area contributed by atoms with E-state index in [2.05, 4.69) is 32.9 Å². The predicted octanol–water partition coefficient (Wildman–Crippen LogP) is 4.70. The van der Waals surface area contributed by atoms with E-state index >= 15 is 0 Å². The number of fused-ring (bicyclic) bond motifs is 1. The maximum Gasteiger partial charge on any atom is 0.123 e. The van der Waals surface area contributed by atoms with E-state index in [9.17, 15) is 5.11 Å². The fraction of sp³-hybridized carbons (Fsp3) is 0.375. The van der Waals surface area contributed by atoms with Crippen LogP contribution in [0.25, 0.3) is 10.8 Å². The number of hydrogen-bond acceptors (Lipinski definition) is 1. The van der Waals surface area contributed by atoms with Crippen LogP contribution in [0.2, 0.25) is 0 Å². The first-order valence-corrected chi connectivity index (χ1v) is 6.35. The van der Waals surface area contributed by atoms with E-state index in [0.29, 0.717) is 17.6 Å². The zero-order chi connectivity index (χ0) is 12.4. The molecule has 1 nitrogen and oxygen atoms in total. The molecule has 0 radical (unpaired) electrons. The largest absolute Gasteiger partial charge is 0.507 e. The number of phenols is 1. The summed E-state index contributed by atoms with van der Waals surface area (Å²) in [6.07, 6.45) is 1.13. The molecule has 0 heterocycles. The van der Waals surface area contributed by atoms with Crippen LogP contribution in [0.4, 0.5) is 0 Å². The van der Waals surface area contributed by atoms with Crippen molar-refractivity contribution in [3.63, 3.8) is 0 Å². The molecule has 1 N–H and O–H groups in total. The first kappa shape index (κ1) is 12.0. The summed E-state index contributed by atoms with van der Waals surface area (Å²) >= 11 is 0. The molecule has 0 aliphatic heterocycles. The third kappa shape index (κ3) is 2.14. The second-order valence-electron chi connectivity index (χ2n) is 4.98. The van der Waals surface area contributed by atoms with Crippen molar-refractivity contribution in [2.24, 2.45) is 5.92 Å². The average molecular weight is 228 g/mol. The van der Waals surface area contributed by atoms with E-state index < -0.39 is 0 Å². The molecule has 2 aromatic rings. The topological polar surface area (TPSA) is 20.2 Å². The minimum atomic E-state index is 0.378. The van der Waals surface area contributed by atoms with E-state index in [1.54, 1.807) is 0 Å². The Labute approximate surface area is 103 Å². The normalized spacial score (nSPS) is 13.2. The van der Waals surface area contributed by atoms with Crippen molar-refractivity contribution >= 4 is 10.8 Å². The van der Waals surface area contributed by atoms with E-state index in [1.165, 1.54) is 10.9 Å². The van der Waals surface area contributed by atoms with Gasteiger partial charge in [-0.1, -0.05) is 51.1 Å². The van der Waals surface area contributed by atoms with Crippen molar-refractivity contribution in [3.05, 3.63) is 42.0 Å². The maximum absolute atomic E-state index is 9.89. The molecule has 0 spiro atoms. The number of aromatic hydroxyl groups is 1. The van der Waals surface area contributed by atoms with Crippen LogP contribution in [0, 0.1) is 5.92 Å². The molecule has 2 aromatic carbocycles. The Bertz CT molecular complexity index is 514. The van der Waals surface area contributed by atoms with Gasteiger partial charge in [0.1, 0.15) is 5.75 Å². The number of phenolic OH excluding ortho intramolecular Hbond substituents is 1. The van der Waals surface area contributed by atoms with Gasteiger partial charge in [0.15, 0.2) is 0 Å². The lowest BCUT2D eigenvalue weighted by atomic mass is 9.83. The zero-order valence-electron chi connectivity index (χ0n) is 10.8. The van der Waals surface area contributed by atoms with Gasteiger partial charge in [-0.2, -0.15) is 0 Å². The van der Waals surface area contributed by atoms with Crippen LogP contribution < -0.4 is 0 Å². The van der Waals surface area contributed by atoms with Gasteiger partial charge < -0.3 is 5.11 Å². The van der Waals surface area contributed by atoms with Crippen LogP contribution in [0.3, 0.4) is 0 Å². The Balaban J connectivity index is 2.66. The van der Waals surface area contributed by atoms with E-state index in [0.717, 1.165) is 11.8 Å². The smallest absolute Gasteiger partial charge is 0.123 e. The van der Waals surface area contributed by atoms with Crippen LogP contribution in [0.1, 0.15) is 38.7 Å². The Morgan fingerprint density at radius 3 is 2.24 bits per heavy atom. The fourth-order valence-corrected chi connectivity index (χ4v) is 2.68. The zero-order valence-corrected chi connectivity index (χ0v) is 10.8. The van der Waals surface area contributed by atoms with Crippen molar-refractivity contribution in [2.45, 2.75) is 33.1 Å². The molecule has 1 heteroatoms. The van der Waals surface area contributed by atoms with E-state index in [1.807, 2.05) is 24.3 Å². The third-order valence-corrected chi connectivity index (χ3v) is 3.58. The van der Waals surface area contributed by atoms with Crippen LogP contribution in [0.5, 0.6) is 5.75 Å². The Morgan fingerprint density at radius 1 is 1.00 bits per heavy atom. The molecule has 2 rings (SSSR count). The Hall–Kier alpha value is -1.50. The molecule has 1 atom stereocenters. The lowest BCUT2D eigenvalue weighted by molar-refractivity contribution is 0.476. The highest BCUT2D eigenvalue weighted by molar-refractivity contribution is 5.91. The lowest BCUT2D eigenvalue weighted by Crippen LogP contribution is -2.06. The highest BCUT2D eigenvalue weighted by atomic mass is 16.3. The first-order valence-electron chi connectivity index (χ1n) is 6.35. The second-order valence-corrected chi connectivity index (χ2v) is 4.98. The minimum absolute atomic E-state index is 0.378. The number of rotatable bonds is 3. The van der Waals surface area contributed by atoms with Gasteiger partial charge in [-0.15, -0.1) is 0 Å². The van der Waals surface area contributed by atoms with Gasteiger partial charge in [-0.25, -0.2) is 0 Å². The summed E-state index contributed by atoms with van der Waals surface area (Å²) in [7, 11) is 0. The molecule has 90 valence electrons. The van der Waals surface area contributed by atoms with Crippen molar-refractivity contribution in [1.82, 2.24) is 0 Å². The summed E-state index contributed by atoms with van der Waals surface area (Å²) in [6.45, 7) is 6.75. The lowest BCUT2D eigenvalue weighted by Gasteiger charge is -2.21. The summed E-state index contributed by atoms with van der Waals surface area (Å²) in [5.41, 5.74) is 1.36. The number of benzene rings is 2. The van der Waals surface area contributed by atoms with Gasteiger partial charge in [0, 0.05) is 5.39 Å². The molecule has 0 saturated heterocycles. The maximum atomic E-state index is 9.89. The molecule has 0 saturated carbocycles. The minimum Gasteiger partial charge on any atom is -0.507 e. The van der Waals surface area contributed by atoms with Crippen molar-refractivity contribution in [2.75, 3.05) is 0 Å². The van der Waals surface area contributed by atoms with Crippen molar-refractivity contribution in [1.29, 1.82) is 0 Å². The average Bonchev–Trinajstić information content (AvgIpc) is 2.33. The van der Waals surface area contributed by atoms with Crippen molar-refractivity contribution in [3.8, 4) is 5.75 Å². The first-order chi connectivity index (χ1) is 8.15. The Morgan fingerprint density at radius 2 is 1.65 bits per heavy atom.